The normalized spacial score (nSPS) is 11.2. The van der Waals surface area contributed by atoms with Crippen molar-refractivity contribution in [3.63, 3.8) is 0 Å². The van der Waals surface area contributed by atoms with E-state index in [1.807, 2.05) is 25.1 Å². The number of hydrogen-bond acceptors (Lipinski definition) is 3. The molecule has 0 unspecified atom stereocenters. The van der Waals surface area contributed by atoms with Gasteiger partial charge < -0.3 is 9.47 Å². The predicted octanol–water partition coefficient (Wildman–Crippen LogP) is 5.75. The lowest BCUT2D eigenvalue weighted by Gasteiger charge is -2.11. The van der Waals surface area contributed by atoms with Gasteiger partial charge in [-0.2, -0.15) is 13.2 Å². The van der Waals surface area contributed by atoms with Crippen molar-refractivity contribution in [2.24, 2.45) is 0 Å². The summed E-state index contributed by atoms with van der Waals surface area (Å²) < 4.78 is 48.2. The van der Waals surface area contributed by atoms with E-state index >= 15 is 0 Å². The fraction of sp³-hybridized carbons (Fsp3) is 0.263. The van der Waals surface area contributed by atoms with Crippen molar-refractivity contribution >= 4 is 11.8 Å². The molecule has 0 aromatic heterocycles. The molecule has 0 radical (unpaired) electrons. The maximum Gasteiger partial charge on any atom is 0.416 e. The van der Waals surface area contributed by atoms with Gasteiger partial charge in [0.1, 0.15) is 18.1 Å². The first-order chi connectivity index (χ1) is 11.8. The summed E-state index contributed by atoms with van der Waals surface area (Å²) in [6.07, 6.45) is -4.34. The molecule has 2 rings (SSSR count). The number of alkyl halides is 3. The molecular weight excluding hydrogens is 349 g/mol. The van der Waals surface area contributed by atoms with Gasteiger partial charge in [0.25, 0.3) is 0 Å². The Morgan fingerprint density at radius 3 is 2.36 bits per heavy atom. The highest BCUT2D eigenvalue weighted by molar-refractivity contribution is 7.99. The molecular formula is C19H19F3O2S. The number of aryl methyl sites for hydroxylation is 1. The third-order valence-electron chi connectivity index (χ3n) is 3.43. The number of benzene rings is 2. The molecule has 0 saturated carbocycles. The minimum Gasteiger partial charge on any atom is -0.496 e. The van der Waals surface area contributed by atoms with Crippen LogP contribution >= 0.6 is 11.8 Å². The Bertz CT molecular complexity index is 724. The Kier molecular flexibility index (Phi) is 6.42. The fourth-order valence-electron chi connectivity index (χ4n) is 2.09. The van der Waals surface area contributed by atoms with E-state index in [2.05, 4.69) is 6.58 Å². The van der Waals surface area contributed by atoms with Crippen LogP contribution in [0.2, 0.25) is 0 Å². The van der Waals surface area contributed by atoms with Crippen molar-refractivity contribution < 1.29 is 22.6 Å². The van der Waals surface area contributed by atoms with Crippen LogP contribution in [-0.2, 0) is 6.18 Å². The van der Waals surface area contributed by atoms with Crippen molar-refractivity contribution in [3.8, 4) is 11.5 Å². The summed E-state index contributed by atoms with van der Waals surface area (Å²) in [5.74, 6) is 1.89. The first-order valence-corrected chi connectivity index (χ1v) is 8.52. The molecule has 0 spiro atoms. The topological polar surface area (TPSA) is 18.5 Å². The van der Waals surface area contributed by atoms with E-state index in [9.17, 15) is 13.2 Å². The third-order valence-corrected chi connectivity index (χ3v) is 4.57. The summed E-state index contributed by atoms with van der Waals surface area (Å²) in [5, 5.41) is 0. The molecule has 134 valence electrons. The van der Waals surface area contributed by atoms with E-state index in [1.54, 1.807) is 18.9 Å². The Morgan fingerprint density at radius 2 is 1.80 bits per heavy atom. The van der Waals surface area contributed by atoms with Gasteiger partial charge in [-0.05, 0) is 60.5 Å². The zero-order valence-corrected chi connectivity index (χ0v) is 14.8. The van der Waals surface area contributed by atoms with Gasteiger partial charge in [0.05, 0.1) is 12.7 Å². The van der Waals surface area contributed by atoms with Crippen LogP contribution in [0, 0.1) is 6.92 Å². The average molecular weight is 368 g/mol. The molecule has 2 aromatic rings. The second-order valence-corrected chi connectivity index (χ2v) is 6.53. The van der Waals surface area contributed by atoms with Gasteiger partial charge in [-0.1, -0.05) is 6.58 Å². The standard InChI is InChI=1S/C19H19F3O2S/c1-13(12-25-17-8-9-18(23-3)14(2)10-17)11-24-16-6-4-15(5-7-16)19(20,21)22/h4-10H,1,11-12H2,2-3H3. The van der Waals surface area contributed by atoms with E-state index in [0.717, 1.165) is 33.9 Å². The van der Waals surface area contributed by atoms with Crippen LogP contribution in [0.25, 0.3) is 0 Å². The molecule has 0 N–H and O–H groups in total. The number of methoxy groups -OCH3 is 1. The molecule has 0 fully saturated rings. The minimum absolute atomic E-state index is 0.257. The van der Waals surface area contributed by atoms with Crippen LogP contribution < -0.4 is 9.47 Å². The molecule has 2 nitrogen and oxygen atoms in total. The number of thioether (sulfide) groups is 1. The molecule has 0 heterocycles. The van der Waals surface area contributed by atoms with Gasteiger partial charge in [-0.3, -0.25) is 0 Å². The number of hydrogen-bond donors (Lipinski definition) is 0. The molecule has 25 heavy (non-hydrogen) atoms. The summed E-state index contributed by atoms with van der Waals surface area (Å²) in [6.45, 7) is 6.18. The fourth-order valence-corrected chi connectivity index (χ4v) is 2.97. The predicted molar refractivity (Wildman–Crippen MR) is 94.5 cm³/mol. The summed E-state index contributed by atoms with van der Waals surface area (Å²) in [5.41, 5.74) is 1.21. The molecule has 0 atom stereocenters. The number of rotatable bonds is 7. The van der Waals surface area contributed by atoms with Gasteiger partial charge in [-0.15, -0.1) is 11.8 Å². The highest BCUT2D eigenvalue weighted by Crippen LogP contribution is 2.30. The highest BCUT2D eigenvalue weighted by Gasteiger charge is 2.29. The van der Waals surface area contributed by atoms with Crippen molar-refractivity contribution in [2.45, 2.75) is 18.0 Å². The molecule has 0 amide bonds. The molecule has 0 aliphatic heterocycles. The maximum absolute atomic E-state index is 12.5. The lowest BCUT2D eigenvalue weighted by atomic mass is 10.2. The average Bonchev–Trinajstić information content (AvgIpc) is 2.58. The van der Waals surface area contributed by atoms with E-state index in [4.69, 9.17) is 9.47 Å². The van der Waals surface area contributed by atoms with Crippen LogP contribution in [0.5, 0.6) is 11.5 Å². The monoisotopic (exact) mass is 368 g/mol. The summed E-state index contributed by atoms with van der Waals surface area (Å²) in [7, 11) is 1.63. The second kappa shape index (κ2) is 8.34. The Balaban J connectivity index is 1.82. The van der Waals surface area contributed by atoms with Crippen molar-refractivity contribution in [1.29, 1.82) is 0 Å². The minimum atomic E-state index is -4.34. The van der Waals surface area contributed by atoms with Crippen molar-refractivity contribution in [3.05, 3.63) is 65.7 Å². The van der Waals surface area contributed by atoms with Crippen LogP contribution in [0.3, 0.4) is 0 Å². The largest absolute Gasteiger partial charge is 0.496 e. The highest BCUT2D eigenvalue weighted by atomic mass is 32.2. The van der Waals surface area contributed by atoms with Gasteiger partial charge in [0.2, 0.25) is 0 Å². The van der Waals surface area contributed by atoms with Gasteiger partial charge >= 0.3 is 6.18 Å². The molecule has 0 aliphatic carbocycles. The van der Waals surface area contributed by atoms with E-state index in [-0.39, 0.29) is 6.61 Å². The molecule has 0 saturated heterocycles. The smallest absolute Gasteiger partial charge is 0.416 e. The molecule has 0 aliphatic rings. The zero-order valence-electron chi connectivity index (χ0n) is 14.0. The Morgan fingerprint density at radius 1 is 1.12 bits per heavy atom. The van der Waals surface area contributed by atoms with E-state index in [1.165, 1.54) is 12.1 Å². The van der Waals surface area contributed by atoms with Crippen LogP contribution in [0.1, 0.15) is 11.1 Å². The Hall–Kier alpha value is -2.08. The Labute approximate surface area is 149 Å². The first kappa shape index (κ1) is 19.2. The molecule has 6 heteroatoms. The van der Waals surface area contributed by atoms with Gasteiger partial charge in [0.15, 0.2) is 0 Å². The zero-order chi connectivity index (χ0) is 18.4. The van der Waals surface area contributed by atoms with E-state index in [0.29, 0.717) is 11.5 Å². The SMILES string of the molecule is C=C(COc1ccc(C(F)(F)F)cc1)CSc1ccc(OC)c(C)c1. The van der Waals surface area contributed by atoms with Gasteiger partial charge in [0, 0.05) is 10.6 Å². The van der Waals surface area contributed by atoms with Crippen LogP contribution in [0.4, 0.5) is 13.2 Å². The molecule has 2 aromatic carbocycles. The summed E-state index contributed by atoms with van der Waals surface area (Å²) >= 11 is 1.62. The van der Waals surface area contributed by atoms with E-state index < -0.39 is 11.7 Å². The number of halogens is 3. The van der Waals surface area contributed by atoms with Crippen molar-refractivity contribution in [2.75, 3.05) is 19.5 Å². The van der Waals surface area contributed by atoms with Crippen LogP contribution in [-0.4, -0.2) is 19.5 Å². The maximum atomic E-state index is 12.5. The first-order valence-electron chi connectivity index (χ1n) is 7.53. The summed E-state index contributed by atoms with van der Waals surface area (Å²) in [4.78, 5) is 1.09. The lowest BCUT2D eigenvalue weighted by molar-refractivity contribution is -0.137. The van der Waals surface area contributed by atoms with Gasteiger partial charge in [-0.25, -0.2) is 0 Å². The van der Waals surface area contributed by atoms with Crippen LogP contribution in [0.15, 0.2) is 59.5 Å². The third kappa shape index (κ3) is 5.74. The molecule has 0 bridgehead atoms. The lowest BCUT2D eigenvalue weighted by Crippen LogP contribution is -2.05. The van der Waals surface area contributed by atoms with Crippen molar-refractivity contribution in [1.82, 2.24) is 0 Å². The quantitative estimate of drug-likeness (QED) is 0.458. The second-order valence-electron chi connectivity index (χ2n) is 5.48. The summed E-state index contributed by atoms with van der Waals surface area (Å²) in [6, 6.07) is 10.6. The number of ether oxygens (including phenoxy) is 2.